The van der Waals surface area contributed by atoms with Crippen molar-refractivity contribution in [1.82, 2.24) is 14.8 Å². The molecule has 172 valence electrons. The molecule has 7 heteroatoms. The molecule has 0 aliphatic carbocycles. The summed E-state index contributed by atoms with van der Waals surface area (Å²) >= 11 is 0. The molecule has 1 fully saturated rings. The van der Waals surface area contributed by atoms with Crippen molar-refractivity contribution < 1.29 is 19.4 Å². The lowest BCUT2D eigenvalue weighted by Gasteiger charge is -2.30. The summed E-state index contributed by atoms with van der Waals surface area (Å²) in [5, 5.41) is 10.4. The van der Waals surface area contributed by atoms with E-state index in [0.29, 0.717) is 25.1 Å². The Morgan fingerprint density at radius 3 is 2.78 bits per heavy atom. The maximum absolute atomic E-state index is 12.3. The number of hydrogen-bond donors (Lipinski definition) is 1. The zero-order valence-corrected chi connectivity index (χ0v) is 18.6. The van der Waals surface area contributed by atoms with E-state index >= 15 is 0 Å². The van der Waals surface area contributed by atoms with Crippen LogP contribution in [0.3, 0.4) is 0 Å². The Bertz CT molecular complexity index is 885. The van der Waals surface area contributed by atoms with Crippen LogP contribution >= 0.6 is 0 Å². The minimum Gasteiger partial charge on any atom is -0.484 e. The molecule has 3 heterocycles. The molecule has 7 nitrogen and oxygen atoms in total. The summed E-state index contributed by atoms with van der Waals surface area (Å²) in [4.78, 5) is 21.1. The molecule has 1 N–H and O–H groups in total. The Balaban J connectivity index is 1.16. The summed E-state index contributed by atoms with van der Waals surface area (Å²) in [7, 11) is 0. The molecule has 0 amide bonds. The van der Waals surface area contributed by atoms with Crippen LogP contribution in [0, 0.1) is 0 Å². The van der Waals surface area contributed by atoms with Crippen molar-refractivity contribution >= 4 is 5.78 Å². The number of benzene rings is 1. The summed E-state index contributed by atoms with van der Waals surface area (Å²) in [6, 6.07) is 10.4. The van der Waals surface area contributed by atoms with Gasteiger partial charge in [0.25, 0.3) is 0 Å². The highest BCUT2D eigenvalue weighted by molar-refractivity contribution is 5.79. The van der Waals surface area contributed by atoms with Gasteiger partial charge in [-0.1, -0.05) is 24.3 Å². The van der Waals surface area contributed by atoms with Gasteiger partial charge in [-0.25, -0.2) is 0 Å². The highest BCUT2D eigenvalue weighted by atomic mass is 16.5. The minimum atomic E-state index is -0.511. The smallest absolute Gasteiger partial charge is 0.170 e. The summed E-state index contributed by atoms with van der Waals surface area (Å²) in [5.41, 5.74) is 3.80. The van der Waals surface area contributed by atoms with Crippen LogP contribution in [0.4, 0.5) is 0 Å². The highest BCUT2D eigenvalue weighted by Crippen LogP contribution is 2.19. The van der Waals surface area contributed by atoms with E-state index in [1.165, 1.54) is 11.1 Å². The summed E-state index contributed by atoms with van der Waals surface area (Å²) in [6.07, 6.45) is 4.73. The molecule has 0 saturated carbocycles. The van der Waals surface area contributed by atoms with E-state index in [1.54, 1.807) is 6.20 Å². The molecule has 1 aromatic carbocycles. The number of fused-ring (bicyclic) bond motifs is 1. The van der Waals surface area contributed by atoms with Crippen molar-refractivity contribution in [2.24, 2.45) is 0 Å². The third-order valence-electron chi connectivity index (χ3n) is 6.11. The van der Waals surface area contributed by atoms with Crippen LogP contribution in [0.2, 0.25) is 0 Å². The summed E-state index contributed by atoms with van der Waals surface area (Å²) in [5.74, 6) is 0.600. The molecule has 2 aliphatic rings. The fourth-order valence-electron chi connectivity index (χ4n) is 4.31. The zero-order valence-electron chi connectivity index (χ0n) is 18.6. The Labute approximate surface area is 190 Å². The first-order chi connectivity index (χ1) is 15.7. The number of rotatable bonds is 10. The van der Waals surface area contributed by atoms with Crippen molar-refractivity contribution in [3.05, 3.63) is 59.4 Å². The van der Waals surface area contributed by atoms with Gasteiger partial charge in [-0.2, -0.15) is 0 Å². The number of β-amino-alcohol motifs (C(OH)–C–C–N with tert-alkyl or cyclic N) is 1. The number of aliphatic hydroxyl groups is 1. The van der Waals surface area contributed by atoms with Crippen LogP contribution in [-0.4, -0.2) is 77.8 Å². The van der Waals surface area contributed by atoms with Crippen LogP contribution in [-0.2, 0) is 29.0 Å². The molecule has 1 unspecified atom stereocenters. The number of hydrogen-bond acceptors (Lipinski definition) is 7. The van der Waals surface area contributed by atoms with Gasteiger partial charge < -0.3 is 14.6 Å². The van der Waals surface area contributed by atoms with Crippen molar-refractivity contribution in [2.75, 3.05) is 46.0 Å². The molecule has 1 atom stereocenters. The number of carbonyl (C=O) groups excluding carboxylic acids is 1. The van der Waals surface area contributed by atoms with E-state index in [9.17, 15) is 9.90 Å². The monoisotopic (exact) mass is 439 g/mol. The second-order valence-corrected chi connectivity index (χ2v) is 8.69. The maximum Gasteiger partial charge on any atom is 0.170 e. The minimum absolute atomic E-state index is 0.00645. The standard InChI is InChI=1S/C25H33N3O4/c29-23(18-28-8-7-21-3-1-2-4-22(21)17-28)5-6-24(30)19-32-25-13-20(14-26-15-25)16-27-9-11-31-12-10-27/h1-4,13-15,23,29H,5-12,16-19H2. The lowest BCUT2D eigenvalue weighted by molar-refractivity contribution is -0.121. The fourth-order valence-corrected chi connectivity index (χ4v) is 4.31. The molecule has 1 saturated heterocycles. The van der Waals surface area contributed by atoms with Crippen molar-refractivity contribution in [3.8, 4) is 5.75 Å². The van der Waals surface area contributed by atoms with E-state index in [1.807, 2.05) is 12.3 Å². The third kappa shape index (κ3) is 6.84. The maximum atomic E-state index is 12.3. The van der Waals surface area contributed by atoms with Crippen molar-refractivity contribution in [3.63, 3.8) is 0 Å². The van der Waals surface area contributed by atoms with E-state index in [-0.39, 0.29) is 12.4 Å². The molecular weight excluding hydrogens is 406 g/mol. The van der Waals surface area contributed by atoms with E-state index in [4.69, 9.17) is 9.47 Å². The molecule has 0 radical (unpaired) electrons. The molecular formula is C25H33N3O4. The topological polar surface area (TPSA) is 75.1 Å². The van der Waals surface area contributed by atoms with E-state index in [2.05, 4.69) is 39.0 Å². The average molecular weight is 440 g/mol. The Morgan fingerprint density at radius 1 is 1.12 bits per heavy atom. The number of ether oxygens (including phenoxy) is 2. The van der Waals surface area contributed by atoms with Crippen LogP contribution in [0.25, 0.3) is 0 Å². The molecule has 4 rings (SSSR count). The summed E-state index contributed by atoms with van der Waals surface area (Å²) in [6.45, 7) is 6.55. The second-order valence-electron chi connectivity index (χ2n) is 8.69. The van der Waals surface area contributed by atoms with Crippen LogP contribution < -0.4 is 4.74 Å². The number of nitrogens with zero attached hydrogens (tertiary/aromatic N) is 3. The van der Waals surface area contributed by atoms with E-state index < -0.39 is 6.10 Å². The number of aromatic nitrogens is 1. The van der Waals surface area contributed by atoms with Crippen molar-refractivity contribution in [1.29, 1.82) is 0 Å². The Morgan fingerprint density at radius 2 is 1.94 bits per heavy atom. The number of aliphatic hydroxyl groups excluding tert-OH is 1. The lowest BCUT2D eigenvalue weighted by atomic mass is 9.99. The third-order valence-corrected chi connectivity index (χ3v) is 6.11. The first kappa shape index (κ1) is 22.9. The molecule has 0 spiro atoms. The van der Waals surface area contributed by atoms with Gasteiger partial charge in [-0.15, -0.1) is 0 Å². The van der Waals surface area contributed by atoms with Crippen molar-refractivity contribution in [2.45, 2.75) is 38.5 Å². The van der Waals surface area contributed by atoms with Gasteiger partial charge in [0.05, 0.1) is 25.5 Å². The Kier molecular flexibility index (Phi) is 8.23. The van der Waals surface area contributed by atoms with Gasteiger partial charge in [-0.05, 0) is 35.6 Å². The molecule has 0 bridgehead atoms. The zero-order chi connectivity index (χ0) is 22.2. The van der Waals surface area contributed by atoms with Gasteiger partial charge in [-0.3, -0.25) is 19.6 Å². The largest absolute Gasteiger partial charge is 0.484 e. The molecule has 2 aromatic rings. The first-order valence-electron chi connectivity index (χ1n) is 11.5. The quantitative estimate of drug-likeness (QED) is 0.607. The number of pyridine rings is 1. The SMILES string of the molecule is O=C(CCC(O)CN1CCc2ccccc2C1)COc1cncc(CN2CCOCC2)c1. The van der Waals surface area contributed by atoms with Gasteiger partial charge >= 0.3 is 0 Å². The van der Waals surface area contributed by atoms with Gasteiger partial charge in [0, 0.05) is 51.9 Å². The van der Waals surface area contributed by atoms with Gasteiger partial charge in [0.1, 0.15) is 12.4 Å². The highest BCUT2D eigenvalue weighted by Gasteiger charge is 2.19. The normalized spacial score (nSPS) is 18.2. The van der Waals surface area contributed by atoms with Crippen LogP contribution in [0.5, 0.6) is 5.75 Å². The molecule has 32 heavy (non-hydrogen) atoms. The molecule has 2 aliphatic heterocycles. The number of morpholine rings is 1. The van der Waals surface area contributed by atoms with Gasteiger partial charge in [0.2, 0.25) is 0 Å². The lowest BCUT2D eigenvalue weighted by Crippen LogP contribution is -2.36. The average Bonchev–Trinajstić information content (AvgIpc) is 2.82. The number of Topliss-reactive ketones (excluding diaryl/α,β-unsaturated/α-hetero) is 1. The predicted molar refractivity (Wildman–Crippen MR) is 121 cm³/mol. The van der Waals surface area contributed by atoms with E-state index in [0.717, 1.165) is 57.9 Å². The second kappa shape index (κ2) is 11.5. The fraction of sp³-hybridized carbons (Fsp3) is 0.520. The number of carbonyl (C=O) groups is 1. The summed E-state index contributed by atoms with van der Waals surface area (Å²) < 4.78 is 11.1. The van der Waals surface area contributed by atoms with Crippen LogP contribution in [0.15, 0.2) is 42.7 Å². The predicted octanol–water partition coefficient (Wildman–Crippen LogP) is 2.06. The first-order valence-corrected chi connectivity index (χ1v) is 11.5. The number of ketones is 1. The van der Waals surface area contributed by atoms with Gasteiger partial charge in [0.15, 0.2) is 5.78 Å². The molecule has 1 aromatic heterocycles. The Hall–Kier alpha value is -2.32. The van der Waals surface area contributed by atoms with Crippen LogP contribution in [0.1, 0.15) is 29.5 Å².